The minimum Gasteiger partial charge on any atom is -0.462 e. The van der Waals surface area contributed by atoms with Crippen LogP contribution < -0.4 is 0 Å². The standard InChI is InChI=1S/C74H144O17P2/c1-7-9-11-13-15-17-18-19-20-21-22-23-28-34-40-46-52-58-73(78)91-70(63-85-72(77)57-51-45-39-33-27-25-24-26-31-36-42-48-54-66(3)4)65-89-93(82,83)87-61-68(75)60-86-92(80,81)88-64-69(62-84-71(76)56-50-44-38-16-14-12-10-8-2)90-74(79)59-53-47-41-35-30-29-32-37-43-49-55-67(5)6/h66-70,75H,7-65H2,1-6H3,(H,80,81)(H,82,83)/t68-,69+,70+/m0/s1. The Kier molecular flexibility index (Phi) is 64.6. The minimum atomic E-state index is -4.95. The monoisotopic (exact) mass is 1370 g/mol. The number of ether oxygens (including phenoxy) is 4. The molecule has 0 radical (unpaired) electrons. The SMILES string of the molecule is CCCCCCCCCCCCCCCCCCCC(=O)O[C@H](COC(=O)CCCCCCCCCCCCCCC(C)C)COP(=O)(O)OC[C@@H](O)COP(=O)(O)OC[C@@H](COC(=O)CCCCCCCCCC)OC(=O)CCCCCCCCCCCCC(C)C. The van der Waals surface area contributed by atoms with Gasteiger partial charge in [-0.05, 0) is 37.5 Å². The molecule has 0 aliphatic carbocycles. The minimum absolute atomic E-state index is 0.106. The summed E-state index contributed by atoms with van der Waals surface area (Å²) in [5.41, 5.74) is 0. The molecule has 0 saturated carbocycles. The summed E-state index contributed by atoms with van der Waals surface area (Å²) in [5, 5.41) is 10.6. The Morgan fingerprint density at radius 2 is 0.495 bits per heavy atom. The molecule has 0 aliphatic rings. The van der Waals surface area contributed by atoms with Crippen molar-refractivity contribution in [3.63, 3.8) is 0 Å². The lowest BCUT2D eigenvalue weighted by atomic mass is 10.0. The van der Waals surface area contributed by atoms with Crippen LogP contribution in [-0.4, -0.2) is 96.7 Å². The van der Waals surface area contributed by atoms with Crippen molar-refractivity contribution in [2.45, 2.75) is 400 Å². The van der Waals surface area contributed by atoms with Crippen LogP contribution in [0.5, 0.6) is 0 Å². The summed E-state index contributed by atoms with van der Waals surface area (Å²) in [4.78, 5) is 72.7. The average molecular weight is 1370 g/mol. The first-order chi connectivity index (χ1) is 44.9. The van der Waals surface area contributed by atoms with Crippen molar-refractivity contribution in [3.05, 3.63) is 0 Å². The quantitative estimate of drug-likeness (QED) is 0.0222. The molecule has 19 heteroatoms. The molecule has 0 rings (SSSR count). The Morgan fingerprint density at radius 1 is 0.290 bits per heavy atom. The van der Waals surface area contributed by atoms with Crippen LogP contribution in [0.25, 0.3) is 0 Å². The van der Waals surface area contributed by atoms with E-state index in [0.717, 1.165) is 108 Å². The van der Waals surface area contributed by atoms with E-state index < -0.39 is 97.5 Å². The highest BCUT2D eigenvalue weighted by molar-refractivity contribution is 7.47. The molecule has 0 fully saturated rings. The van der Waals surface area contributed by atoms with Crippen LogP contribution >= 0.6 is 15.6 Å². The molecule has 0 bridgehead atoms. The van der Waals surface area contributed by atoms with Gasteiger partial charge in [-0.25, -0.2) is 9.13 Å². The van der Waals surface area contributed by atoms with Crippen molar-refractivity contribution in [3.8, 4) is 0 Å². The molecule has 0 aromatic carbocycles. The highest BCUT2D eigenvalue weighted by atomic mass is 31.2. The molecule has 0 amide bonds. The first-order valence-corrected chi connectivity index (χ1v) is 41.5. The molecule has 2 unspecified atom stereocenters. The molecular formula is C74H144O17P2. The van der Waals surface area contributed by atoms with Gasteiger partial charge in [-0.1, -0.05) is 330 Å². The van der Waals surface area contributed by atoms with E-state index in [9.17, 15) is 43.2 Å². The Labute approximate surface area is 568 Å². The zero-order chi connectivity index (χ0) is 68.6. The van der Waals surface area contributed by atoms with E-state index in [4.69, 9.17) is 37.0 Å². The predicted octanol–water partition coefficient (Wildman–Crippen LogP) is 21.6. The number of aliphatic hydroxyl groups excluding tert-OH is 1. The highest BCUT2D eigenvalue weighted by Gasteiger charge is 2.30. The number of hydrogen-bond acceptors (Lipinski definition) is 15. The van der Waals surface area contributed by atoms with Gasteiger partial charge in [-0.2, -0.15) is 0 Å². The first kappa shape index (κ1) is 91.1. The van der Waals surface area contributed by atoms with Gasteiger partial charge in [0.05, 0.1) is 26.4 Å². The van der Waals surface area contributed by atoms with Gasteiger partial charge in [-0.15, -0.1) is 0 Å². The molecule has 0 aromatic rings. The number of carbonyl (C=O) groups is 4. The van der Waals surface area contributed by atoms with Crippen LogP contribution in [0.15, 0.2) is 0 Å². The van der Waals surface area contributed by atoms with E-state index >= 15 is 0 Å². The van der Waals surface area contributed by atoms with Crippen molar-refractivity contribution in [2.24, 2.45) is 11.8 Å². The summed E-state index contributed by atoms with van der Waals surface area (Å²) in [6.45, 7) is 9.56. The lowest BCUT2D eigenvalue weighted by Gasteiger charge is -2.21. The van der Waals surface area contributed by atoms with E-state index in [-0.39, 0.29) is 25.7 Å². The van der Waals surface area contributed by atoms with Crippen molar-refractivity contribution < 1.29 is 80.2 Å². The molecule has 93 heavy (non-hydrogen) atoms. The number of phosphoric acid groups is 2. The lowest BCUT2D eigenvalue weighted by molar-refractivity contribution is -0.161. The number of phosphoric ester groups is 2. The van der Waals surface area contributed by atoms with Gasteiger partial charge in [0, 0.05) is 25.7 Å². The van der Waals surface area contributed by atoms with E-state index in [2.05, 4.69) is 41.5 Å². The first-order valence-electron chi connectivity index (χ1n) is 38.5. The fraction of sp³-hybridized carbons (Fsp3) is 0.946. The van der Waals surface area contributed by atoms with Gasteiger partial charge in [0.15, 0.2) is 12.2 Å². The number of unbranched alkanes of at least 4 members (excludes halogenated alkanes) is 43. The summed E-state index contributed by atoms with van der Waals surface area (Å²) in [6, 6.07) is 0. The van der Waals surface area contributed by atoms with E-state index in [1.807, 2.05) is 0 Å². The van der Waals surface area contributed by atoms with Gasteiger partial charge in [0.2, 0.25) is 0 Å². The summed E-state index contributed by atoms with van der Waals surface area (Å²) in [6.07, 6.45) is 52.7. The molecular weight excluding hydrogens is 1220 g/mol. The Hall–Kier alpha value is -1.94. The van der Waals surface area contributed by atoms with Gasteiger partial charge in [0.25, 0.3) is 0 Å². The van der Waals surface area contributed by atoms with E-state index in [1.165, 1.54) is 193 Å². The van der Waals surface area contributed by atoms with Crippen LogP contribution in [0.4, 0.5) is 0 Å². The zero-order valence-electron chi connectivity index (χ0n) is 60.6. The van der Waals surface area contributed by atoms with E-state index in [0.29, 0.717) is 25.7 Å². The van der Waals surface area contributed by atoms with Gasteiger partial charge < -0.3 is 33.8 Å². The Morgan fingerprint density at radius 3 is 0.731 bits per heavy atom. The molecule has 5 atom stereocenters. The number of hydrogen-bond donors (Lipinski definition) is 3. The lowest BCUT2D eigenvalue weighted by Crippen LogP contribution is -2.30. The average Bonchev–Trinajstić information content (AvgIpc) is 1.68. The predicted molar refractivity (Wildman–Crippen MR) is 377 cm³/mol. The molecule has 0 spiro atoms. The fourth-order valence-electron chi connectivity index (χ4n) is 11.3. The fourth-order valence-corrected chi connectivity index (χ4v) is 12.9. The van der Waals surface area contributed by atoms with Crippen LogP contribution in [0, 0.1) is 11.8 Å². The summed E-state index contributed by atoms with van der Waals surface area (Å²) in [5.74, 6) is -0.586. The second-order valence-electron chi connectivity index (χ2n) is 27.6. The maximum Gasteiger partial charge on any atom is 0.472 e. The number of carbonyl (C=O) groups excluding carboxylic acids is 4. The largest absolute Gasteiger partial charge is 0.472 e. The second kappa shape index (κ2) is 66.0. The summed E-state index contributed by atoms with van der Waals surface area (Å²) >= 11 is 0. The second-order valence-corrected chi connectivity index (χ2v) is 30.5. The van der Waals surface area contributed by atoms with Crippen LogP contribution in [-0.2, 0) is 65.4 Å². The Bertz CT molecular complexity index is 1800. The number of esters is 4. The van der Waals surface area contributed by atoms with Crippen molar-refractivity contribution >= 4 is 39.5 Å². The van der Waals surface area contributed by atoms with Crippen LogP contribution in [0.3, 0.4) is 0 Å². The third-order valence-electron chi connectivity index (χ3n) is 17.2. The van der Waals surface area contributed by atoms with Crippen molar-refractivity contribution in [1.29, 1.82) is 0 Å². The summed E-state index contributed by atoms with van der Waals surface area (Å²) in [7, 11) is -9.90. The molecule has 552 valence electrons. The molecule has 0 saturated heterocycles. The maximum atomic E-state index is 13.1. The number of rotatable bonds is 73. The topological polar surface area (TPSA) is 237 Å². The zero-order valence-corrected chi connectivity index (χ0v) is 62.3. The normalized spacial score (nSPS) is 14.1. The smallest absolute Gasteiger partial charge is 0.462 e. The highest BCUT2D eigenvalue weighted by Crippen LogP contribution is 2.45. The molecule has 0 heterocycles. The van der Waals surface area contributed by atoms with Crippen molar-refractivity contribution in [1.82, 2.24) is 0 Å². The van der Waals surface area contributed by atoms with Gasteiger partial charge in [0.1, 0.15) is 19.3 Å². The van der Waals surface area contributed by atoms with Gasteiger partial charge >= 0.3 is 39.5 Å². The maximum absolute atomic E-state index is 13.1. The van der Waals surface area contributed by atoms with Gasteiger partial charge in [-0.3, -0.25) is 37.3 Å². The molecule has 0 aliphatic heterocycles. The molecule has 17 nitrogen and oxygen atoms in total. The third kappa shape index (κ3) is 68.4. The third-order valence-corrected chi connectivity index (χ3v) is 19.1. The number of aliphatic hydroxyl groups is 1. The van der Waals surface area contributed by atoms with E-state index in [1.54, 1.807) is 0 Å². The van der Waals surface area contributed by atoms with Crippen LogP contribution in [0.1, 0.15) is 382 Å². The van der Waals surface area contributed by atoms with Crippen LogP contribution in [0.2, 0.25) is 0 Å². The Balaban J connectivity index is 5.22. The molecule has 3 N–H and O–H groups in total. The van der Waals surface area contributed by atoms with Crippen molar-refractivity contribution in [2.75, 3.05) is 39.6 Å². The summed E-state index contributed by atoms with van der Waals surface area (Å²) < 4.78 is 68.4. The molecule has 0 aromatic heterocycles.